The number of hydrogen-bond acceptors (Lipinski definition) is 2. The minimum atomic E-state index is 0.287. The predicted molar refractivity (Wildman–Crippen MR) is 57.3 cm³/mol. The number of rotatable bonds is 1. The summed E-state index contributed by atoms with van der Waals surface area (Å²) in [7, 11) is 0. The summed E-state index contributed by atoms with van der Waals surface area (Å²) in [5, 5.41) is 13.8. The van der Waals surface area contributed by atoms with Gasteiger partial charge in [0.1, 0.15) is 5.75 Å². The fraction of sp³-hybridized carbons (Fsp3) is 0.250. The molecule has 15 heavy (non-hydrogen) atoms. The molecule has 0 spiro atoms. The summed E-state index contributed by atoms with van der Waals surface area (Å²) in [5.74, 6) is 0.287. The van der Waals surface area contributed by atoms with Gasteiger partial charge in [-0.2, -0.15) is 5.10 Å². The van der Waals surface area contributed by atoms with Gasteiger partial charge < -0.3 is 5.11 Å². The van der Waals surface area contributed by atoms with Crippen LogP contribution in [0, 0.1) is 0 Å². The van der Waals surface area contributed by atoms with E-state index in [-0.39, 0.29) is 5.75 Å². The molecule has 0 saturated carbocycles. The molecule has 0 aliphatic heterocycles. The van der Waals surface area contributed by atoms with Crippen LogP contribution in [0.25, 0.3) is 5.69 Å². The molecule has 1 heterocycles. The maximum Gasteiger partial charge on any atom is 0.117 e. The minimum Gasteiger partial charge on any atom is -0.508 e. The van der Waals surface area contributed by atoms with E-state index in [4.69, 9.17) is 0 Å². The molecule has 0 unspecified atom stereocenters. The first-order chi connectivity index (χ1) is 7.34. The second kappa shape index (κ2) is 3.12. The Hall–Kier alpha value is -1.77. The van der Waals surface area contributed by atoms with Gasteiger partial charge in [-0.25, -0.2) is 4.68 Å². The molecule has 0 atom stereocenters. The van der Waals surface area contributed by atoms with Crippen LogP contribution in [-0.2, 0) is 12.8 Å². The van der Waals surface area contributed by atoms with E-state index < -0.39 is 0 Å². The fourth-order valence-corrected chi connectivity index (χ4v) is 2.18. The molecular weight excluding hydrogens is 188 g/mol. The summed E-state index contributed by atoms with van der Waals surface area (Å²) in [4.78, 5) is 0. The van der Waals surface area contributed by atoms with Gasteiger partial charge in [0.15, 0.2) is 0 Å². The average molecular weight is 200 g/mol. The Balaban J connectivity index is 2.13. The molecule has 0 bridgehead atoms. The largest absolute Gasteiger partial charge is 0.508 e. The number of hydrogen-bond donors (Lipinski definition) is 1. The number of benzene rings is 1. The number of phenols is 1. The molecule has 1 N–H and O–H groups in total. The van der Waals surface area contributed by atoms with Crippen molar-refractivity contribution in [3.8, 4) is 11.4 Å². The maximum absolute atomic E-state index is 9.42. The third-order valence-electron chi connectivity index (χ3n) is 2.89. The van der Waals surface area contributed by atoms with E-state index in [1.165, 1.54) is 17.7 Å². The standard InChI is InChI=1S/C12H12N2O/c15-11-5-2-4-10(7-11)14-12-6-1-3-9(12)8-13-14/h2,4-5,7-8,15H,1,3,6H2. The number of nitrogens with zero attached hydrogens (tertiary/aromatic N) is 2. The van der Waals surface area contributed by atoms with Crippen LogP contribution in [-0.4, -0.2) is 14.9 Å². The van der Waals surface area contributed by atoms with E-state index in [0.29, 0.717) is 0 Å². The highest BCUT2D eigenvalue weighted by atomic mass is 16.3. The summed E-state index contributed by atoms with van der Waals surface area (Å²) < 4.78 is 1.93. The Labute approximate surface area is 88.0 Å². The lowest BCUT2D eigenvalue weighted by Crippen LogP contribution is -2.00. The summed E-state index contributed by atoms with van der Waals surface area (Å²) in [6.45, 7) is 0. The van der Waals surface area contributed by atoms with Gasteiger partial charge >= 0.3 is 0 Å². The fourth-order valence-electron chi connectivity index (χ4n) is 2.18. The summed E-state index contributed by atoms with van der Waals surface area (Å²) >= 11 is 0. The molecule has 1 aromatic heterocycles. The average Bonchev–Trinajstić information content (AvgIpc) is 2.77. The Morgan fingerprint density at radius 1 is 1.27 bits per heavy atom. The monoisotopic (exact) mass is 200 g/mol. The van der Waals surface area contributed by atoms with E-state index in [1.54, 1.807) is 12.1 Å². The van der Waals surface area contributed by atoms with Gasteiger partial charge in [0.2, 0.25) is 0 Å². The van der Waals surface area contributed by atoms with E-state index in [2.05, 4.69) is 5.10 Å². The molecule has 0 saturated heterocycles. The molecule has 2 aromatic rings. The van der Waals surface area contributed by atoms with Crippen molar-refractivity contribution < 1.29 is 5.11 Å². The lowest BCUT2D eigenvalue weighted by Gasteiger charge is -2.05. The number of fused-ring (bicyclic) bond motifs is 1. The van der Waals surface area contributed by atoms with E-state index in [9.17, 15) is 5.11 Å². The van der Waals surface area contributed by atoms with Crippen LogP contribution in [0.3, 0.4) is 0 Å². The first kappa shape index (κ1) is 8.53. The lowest BCUT2D eigenvalue weighted by molar-refractivity contribution is 0.474. The lowest BCUT2D eigenvalue weighted by atomic mass is 10.2. The van der Waals surface area contributed by atoms with Crippen molar-refractivity contribution in [3.63, 3.8) is 0 Å². The minimum absolute atomic E-state index is 0.287. The Morgan fingerprint density at radius 2 is 2.20 bits per heavy atom. The van der Waals surface area contributed by atoms with Crippen LogP contribution in [0.5, 0.6) is 5.75 Å². The molecule has 1 aromatic carbocycles. The first-order valence-electron chi connectivity index (χ1n) is 5.20. The van der Waals surface area contributed by atoms with Crippen molar-refractivity contribution in [3.05, 3.63) is 41.7 Å². The molecule has 3 nitrogen and oxygen atoms in total. The van der Waals surface area contributed by atoms with Crippen molar-refractivity contribution in [1.29, 1.82) is 0 Å². The zero-order valence-electron chi connectivity index (χ0n) is 8.35. The van der Waals surface area contributed by atoms with Crippen LogP contribution >= 0.6 is 0 Å². The normalized spacial score (nSPS) is 14.1. The van der Waals surface area contributed by atoms with Gasteiger partial charge in [-0.15, -0.1) is 0 Å². The highest BCUT2D eigenvalue weighted by Gasteiger charge is 2.17. The quantitative estimate of drug-likeness (QED) is 0.765. The van der Waals surface area contributed by atoms with E-state index in [1.807, 2.05) is 23.0 Å². The van der Waals surface area contributed by atoms with Crippen molar-refractivity contribution in [2.24, 2.45) is 0 Å². The third kappa shape index (κ3) is 1.31. The highest BCUT2D eigenvalue weighted by molar-refractivity contribution is 5.41. The molecule has 1 aliphatic rings. The van der Waals surface area contributed by atoms with Crippen molar-refractivity contribution in [1.82, 2.24) is 9.78 Å². The van der Waals surface area contributed by atoms with Crippen LogP contribution in [0.15, 0.2) is 30.5 Å². The third-order valence-corrected chi connectivity index (χ3v) is 2.89. The predicted octanol–water partition coefficient (Wildman–Crippen LogP) is 2.07. The molecule has 1 aliphatic carbocycles. The van der Waals surface area contributed by atoms with Crippen molar-refractivity contribution in [2.75, 3.05) is 0 Å². The van der Waals surface area contributed by atoms with Gasteiger partial charge in [-0.1, -0.05) is 6.07 Å². The van der Waals surface area contributed by atoms with Gasteiger partial charge in [-0.3, -0.25) is 0 Å². The Bertz CT molecular complexity index is 502. The highest BCUT2D eigenvalue weighted by Crippen LogP contribution is 2.25. The van der Waals surface area contributed by atoms with Crippen LogP contribution in [0.4, 0.5) is 0 Å². The van der Waals surface area contributed by atoms with Crippen molar-refractivity contribution >= 4 is 0 Å². The van der Waals surface area contributed by atoms with Crippen LogP contribution in [0.2, 0.25) is 0 Å². The Morgan fingerprint density at radius 3 is 3.07 bits per heavy atom. The number of aromatic nitrogens is 2. The van der Waals surface area contributed by atoms with Gasteiger partial charge in [-0.05, 0) is 37.0 Å². The summed E-state index contributed by atoms with van der Waals surface area (Å²) in [6, 6.07) is 7.22. The van der Waals surface area contributed by atoms with Gasteiger partial charge in [0.05, 0.1) is 11.9 Å². The molecule has 0 fully saturated rings. The zero-order valence-corrected chi connectivity index (χ0v) is 8.35. The molecule has 76 valence electrons. The molecular formula is C12H12N2O. The summed E-state index contributed by atoms with van der Waals surface area (Å²) in [6.07, 6.45) is 5.37. The van der Waals surface area contributed by atoms with Crippen LogP contribution < -0.4 is 0 Å². The SMILES string of the molecule is Oc1cccc(-n2ncc3c2CCC3)c1. The molecule has 3 heteroatoms. The number of aryl methyl sites for hydroxylation is 1. The molecule has 0 amide bonds. The maximum atomic E-state index is 9.42. The summed E-state index contributed by atoms with van der Waals surface area (Å²) in [5.41, 5.74) is 3.58. The van der Waals surface area contributed by atoms with Gasteiger partial charge in [0, 0.05) is 11.8 Å². The van der Waals surface area contributed by atoms with Crippen LogP contribution in [0.1, 0.15) is 17.7 Å². The topological polar surface area (TPSA) is 38.0 Å². The molecule has 0 radical (unpaired) electrons. The van der Waals surface area contributed by atoms with Gasteiger partial charge in [0.25, 0.3) is 0 Å². The van der Waals surface area contributed by atoms with E-state index in [0.717, 1.165) is 18.5 Å². The Kier molecular flexibility index (Phi) is 1.78. The second-order valence-corrected chi connectivity index (χ2v) is 3.90. The number of aromatic hydroxyl groups is 1. The molecule has 3 rings (SSSR count). The smallest absolute Gasteiger partial charge is 0.117 e. The van der Waals surface area contributed by atoms with Crippen molar-refractivity contribution in [2.45, 2.75) is 19.3 Å². The first-order valence-corrected chi connectivity index (χ1v) is 5.20. The van der Waals surface area contributed by atoms with E-state index >= 15 is 0 Å². The second-order valence-electron chi connectivity index (χ2n) is 3.90. The number of phenolic OH excluding ortho intramolecular Hbond substituents is 1. The zero-order chi connectivity index (χ0) is 10.3.